The SMILES string of the molecule is COc1ccc(CCNC(=O)OC(C)(C)C)c(OC)c1. The van der Waals surface area contributed by atoms with Crippen molar-refractivity contribution < 1.29 is 19.0 Å². The average Bonchev–Trinajstić information content (AvgIpc) is 2.36. The number of rotatable bonds is 5. The Kier molecular flexibility index (Phi) is 5.67. The molecule has 0 heterocycles. The lowest BCUT2D eigenvalue weighted by Crippen LogP contribution is -2.33. The summed E-state index contributed by atoms with van der Waals surface area (Å²) in [5, 5.41) is 2.72. The lowest BCUT2D eigenvalue weighted by molar-refractivity contribution is 0.0528. The minimum atomic E-state index is -0.484. The quantitative estimate of drug-likeness (QED) is 0.901. The maximum atomic E-state index is 11.5. The van der Waals surface area contributed by atoms with Gasteiger partial charge in [0, 0.05) is 12.6 Å². The van der Waals surface area contributed by atoms with E-state index in [1.807, 2.05) is 39.0 Å². The van der Waals surface area contributed by atoms with E-state index in [9.17, 15) is 4.79 Å². The van der Waals surface area contributed by atoms with Crippen molar-refractivity contribution in [2.45, 2.75) is 32.8 Å². The molecule has 1 N–H and O–H groups in total. The van der Waals surface area contributed by atoms with E-state index in [-0.39, 0.29) is 0 Å². The van der Waals surface area contributed by atoms with E-state index in [0.29, 0.717) is 13.0 Å². The molecule has 0 radical (unpaired) electrons. The van der Waals surface area contributed by atoms with Crippen LogP contribution in [0.25, 0.3) is 0 Å². The van der Waals surface area contributed by atoms with E-state index in [4.69, 9.17) is 14.2 Å². The van der Waals surface area contributed by atoms with Gasteiger partial charge in [0.05, 0.1) is 14.2 Å². The monoisotopic (exact) mass is 281 g/mol. The van der Waals surface area contributed by atoms with Crippen LogP contribution in [0.5, 0.6) is 11.5 Å². The Labute approximate surface area is 120 Å². The van der Waals surface area contributed by atoms with Gasteiger partial charge in [-0.1, -0.05) is 6.07 Å². The summed E-state index contributed by atoms with van der Waals surface area (Å²) in [6.45, 7) is 5.98. The minimum absolute atomic E-state index is 0.412. The Balaban J connectivity index is 2.52. The molecule has 0 aliphatic carbocycles. The van der Waals surface area contributed by atoms with Crippen molar-refractivity contribution in [2.24, 2.45) is 0 Å². The lowest BCUT2D eigenvalue weighted by Gasteiger charge is -2.19. The summed E-state index contributed by atoms with van der Waals surface area (Å²) in [4.78, 5) is 11.5. The van der Waals surface area contributed by atoms with Gasteiger partial charge in [-0.2, -0.15) is 0 Å². The highest BCUT2D eigenvalue weighted by atomic mass is 16.6. The van der Waals surface area contributed by atoms with E-state index in [1.165, 1.54) is 0 Å². The summed E-state index contributed by atoms with van der Waals surface area (Å²) in [7, 11) is 3.22. The van der Waals surface area contributed by atoms with Crippen LogP contribution in [0.2, 0.25) is 0 Å². The number of carbonyl (C=O) groups is 1. The highest BCUT2D eigenvalue weighted by Gasteiger charge is 2.15. The minimum Gasteiger partial charge on any atom is -0.497 e. The zero-order valence-electron chi connectivity index (χ0n) is 12.8. The predicted octanol–water partition coefficient (Wildman–Crippen LogP) is 2.77. The summed E-state index contributed by atoms with van der Waals surface area (Å²) in [5.41, 5.74) is 0.520. The van der Waals surface area contributed by atoms with Crippen LogP contribution in [-0.2, 0) is 11.2 Å². The standard InChI is InChI=1S/C15H23NO4/c1-15(2,3)20-14(17)16-9-8-11-6-7-12(18-4)10-13(11)19-5/h6-7,10H,8-9H2,1-5H3,(H,16,17). The second kappa shape index (κ2) is 7.03. The number of nitrogens with one attached hydrogen (secondary N) is 1. The third-order valence-electron chi connectivity index (χ3n) is 2.56. The van der Waals surface area contributed by atoms with Gasteiger partial charge < -0.3 is 19.5 Å². The number of hydrogen-bond donors (Lipinski definition) is 1. The molecule has 1 aromatic rings. The molecule has 112 valence electrons. The zero-order valence-corrected chi connectivity index (χ0v) is 12.8. The van der Waals surface area contributed by atoms with Crippen LogP contribution in [0.3, 0.4) is 0 Å². The molecule has 0 saturated heterocycles. The maximum absolute atomic E-state index is 11.5. The number of hydrogen-bond acceptors (Lipinski definition) is 4. The van der Waals surface area contributed by atoms with Crippen LogP contribution >= 0.6 is 0 Å². The van der Waals surface area contributed by atoms with Gasteiger partial charge in [-0.25, -0.2) is 4.79 Å². The summed E-state index contributed by atoms with van der Waals surface area (Å²) < 4.78 is 15.6. The molecule has 0 aliphatic heterocycles. The fourth-order valence-corrected chi connectivity index (χ4v) is 1.67. The van der Waals surface area contributed by atoms with Gasteiger partial charge in [-0.15, -0.1) is 0 Å². The van der Waals surface area contributed by atoms with Crippen molar-refractivity contribution in [2.75, 3.05) is 20.8 Å². The number of methoxy groups -OCH3 is 2. The first-order valence-electron chi connectivity index (χ1n) is 6.53. The van der Waals surface area contributed by atoms with E-state index >= 15 is 0 Å². The first-order chi connectivity index (χ1) is 9.35. The second-order valence-electron chi connectivity index (χ2n) is 5.36. The molecule has 0 spiro atoms. The second-order valence-corrected chi connectivity index (χ2v) is 5.36. The van der Waals surface area contributed by atoms with E-state index in [1.54, 1.807) is 14.2 Å². The Morgan fingerprint density at radius 2 is 1.90 bits per heavy atom. The van der Waals surface area contributed by atoms with Gasteiger partial charge in [0.1, 0.15) is 17.1 Å². The summed E-state index contributed by atoms with van der Waals surface area (Å²) >= 11 is 0. The molecule has 20 heavy (non-hydrogen) atoms. The Bertz CT molecular complexity index is 452. The molecule has 5 heteroatoms. The molecule has 0 bridgehead atoms. The summed E-state index contributed by atoms with van der Waals surface area (Å²) in [6.07, 6.45) is 0.247. The largest absolute Gasteiger partial charge is 0.497 e. The highest BCUT2D eigenvalue weighted by Crippen LogP contribution is 2.24. The van der Waals surface area contributed by atoms with Gasteiger partial charge in [-0.05, 0) is 38.8 Å². The van der Waals surface area contributed by atoms with Gasteiger partial charge in [0.2, 0.25) is 0 Å². The van der Waals surface area contributed by atoms with Gasteiger partial charge in [-0.3, -0.25) is 0 Å². The summed E-state index contributed by atoms with van der Waals surface area (Å²) in [5.74, 6) is 1.49. The van der Waals surface area contributed by atoms with Gasteiger partial charge >= 0.3 is 6.09 Å². The molecule has 5 nitrogen and oxygen atoms in total. The molecule has 0 unspecified atom stereocenters. The van der Waals surface area contributed by atoms with Crippen LogP contribution in [0.4, 0.5) is 4.79 Å². The number of amides is 1. The normalized spacial score (nSPS) is 10.8. The Morgan fingerprint density at radius 3 is 2.45 bits per heavy atom. The predicted molar refractivity (Wildman–Crippen MR) is 77.5 cm³/mol. The molecule has 1 aromatic carbocycles. The fraction of sp³-hybridized carbons (Fsp3) is 0.533. The molecule has 0 saturated carbocycles. The van der Waals surface area contributed by atoms with Crippen LogP contribution in [0.1, 0.15) is 26.3 Å². The molecule has 0 aliphatic rings. The van der Waals surface area contributed by atoms with Crippen LogP contribution in [0.15, 0.2) is 18.2 Å². The molecular formula is C15H23NO4. The van der Waals surface area contributed by atoms with E-state index < -0.39 is 11.7 Å². The van der Waals surface area contributed by atoms with Crippen molar-refractivity contribution in [3.05, 3.63) is 23.8 Å². The molecule has 1 amide bonds. The van der Waals surface area contributed by atoms with Gasteiger partial charge in [0.25, 0.3) is 0 Å². The van der Waals surface area contributed by atoms with Gasteiger partial charge in [0.15, 0.2) is 0 Å². The highest BCUT2D eigenvalue weighted by molar-refractivity contribution is 5.67. The number of carbonyl (C=O) groups excluding carboxylic acids is 1. The fourth-order valence-electron chi connectivity index (χ4n) is 1.67. The third kappa shape index (κ3) is 5.38. The Hall–Kier alpha value is -1.91. The molecule has 0 atom stereocenters. The third-order valence-corrected chi connectivity index (χ3v) is 2.56. The van der Waals surface area contributed by atoms with Crippen molar-refractivity contribution in [3.8, 4) is 11.5 Å². The topological polar surface area (TPSA) is 56.8 Å². The van der Waals surface area contributed by atoms with E-state index in [2.05, 4.69) is 5.32 Å². The van der Waals surface area contributed by atoms with E-state index in [0.717, 1.165) is 17.1 Å². The zero-order chi connectivity index (χ0) is 15.2. The average molecular weight is 281 g/mol. The van der Waals surface area contributed by atoms with Crippen LogP contribution < -0.4 is 14.8 Å². The smallest absolute Gasteiger partial charge is 0.407 e. The van der Waals surface area contributed by atoms with Crippen molar-refractivity contribution in [1.29, 1.82) is 0 Å². The first kappa shape index (κ1) is 16.1. The molecule has 0 fully saturated rings. The summed E-state index contributed by atoms with van der Waals surface area (Å²) in [6, 6.07) is 5.61. The van der Waals surface area contributed by atoms with Crippen LogP contribution in [-0.4, -0.2) is 32.5 Å². The lowest BCUT2D eigenvalue weighted by atomic mass is 10.1. The molecule has 1 rings (SSSR count). The Morgan fingerprint density at radius 1 is 1.20 bits per heavy atom. The molecule has 0 aromatic heterocycles. The number of benzene rings is 1. The van der Waals surface area contributed by atoms with Crippen LogP contribution in [0, 0.1) is 0 Å². The number of alkyl carbamates (subject to hydrolysis) is 1. The maximum Gasteiger partial charge on any atom is 0.407 e. The van der Waals surface area contributed by atoms with Crippen molar-refractivity contribution in [3.63, 3.8) is 0 Å². The van der Waals surface area contributed by atoms with Crippen molar-refractivity contribution in [1.82, 2.24) is 5.32 Å². The molecular weight excluding hydrogens is 258 g/mol. The first-order valence-corrected chi connectivity index (χ1v) is 6.53. The number of ether oxygens (including phenoxy) is 3. The van der Waals surface area contributed by atoms with Crippen molar-refractivity contribution >= 4 is 6.09 Å².